The van der Waals surface area contributed by atoms with Gasteiger partial charge < -0.3 is 5.73 Å². The fourth-order valence-electron chi connectivity index (χ4n) is 3.04. The second-order valence-corrected chi connectivity index (χ2v) is 6.85. The Balaban J connectivity index is 1.83. The molecule has 0 aromatic carbocycles. The number of piperidine rings is 1. The largest absolute Gasteiger partial charge is 0.328 e. The summed E-state index contributed by atoms with van der Waals surface area (Å²) in [6.45, 7) is 1.33. The summed E-state index contributed by atoms with van der Waals surface area (Å²) in [5.74, 6) is 0. The van der Waals surface area contributed by atoms with E-state index < -0.39 is 10.0 Å². The summed E-state index contributed by atoms with van der Waals surface area (Å²) in [4.78, 5) is 2.43. The van der Waals surface area contributed by atoms with Gasteiger partial charge in [0.05, 0.1) is 6.26 Å². The number of sulfonamides is 1. The van der Waals surface area contributed by atoms with Gasteiger partial charge in [0.2, 0.25) is 10.0 Å². The third-order valence-corrected chi connectivity index (χ3v) is 4.38. The number of nitrogens with zero attached hydrogens (tertiary/aromatic N) is 1. The first kappa shape index (κ1) is 12.3. The van der Waals surface area contributed by atoms with Crippen LogP contribution in [0, 0.1) is 0 Å². The maximum absolute atomic E-state index is 11.0. The first-order chi connectivity index (χ1) is 7.46. The summed E-state index contributed by atoms with van der Waals surface area (Å²) in [5.41, 5.74) is 5.98. The molecule has 0 spiro atoms. The third kappa shape index (κ3) is 2.94. The Morgan fingerprint density at radius 2 is 1.88 bits per heavy atom. The van der Waals surface area contributed by atoms with Crippen molar-refractivity contribution in [1.29, 1.82) is 0 Å². The predicted molar refractivity (Wildman–Crippen MR) is 63.6 cm³/mol. The molecule has 2 unspecified atom stereocenters. The highest BCUT2D eigenvalue weighted by Crippen LogP contribution is 2.34. The van der Waals surface area contributed by atoms with E-state index in [0.29, 0.717) is 24.7 Å². The zero-order chi connectivity index (χ0) is 11.8. The molecule has 5 nitrogen and oxygen atoms in total. The monoisotopic (exact) mass is 247 g/mol. The Hall–Kier alpha value is -0.170. The fourth-order valence-corrected chi connectivity index (χ4v) is 3.50. The highest BCUT2D eigenvalue weighted by Gasteiger charge is 2.38. The standard InChI is InChI=1S/C10H21N3O2S/c1-16(14,15)12-4-5-13-9-2-3-10(13)7-8(11)6-9/h8-10,12H,2-7,11H2,1H3. The predicted octanol–water partition coefficient (Wildman–Crippen LogP) is -0.510. The van der Waals surface area contributed by atoms with E-state index in [-0.39, 0.29) is 0 Å². The first-order valence-corrected chi connectivity index (χ1v) is 7.81. The van der Waals surface area contributed by atoms with Gasteiger partial charge in [-0.1, -0.05) is 0 Å². The molecule has 0 aliphatic carbocycles. The van der Waals surface area contributed by atoms with Gasteiger partial charge in [-0.05, 0) is 25.7 Å². The number of fused-ring (bicyclic) bond motifs is 2. The molecule has 6 heteroatoms. The maximum atomic E-state index is 11.0. The van der Waals surface area contributed by atoms with Gasteiger partial charge in [-0.2, -0.15) is 0 Å². The van der Waals surface area contributed by atoms with Crippen LogP contribution in [0.25, 0.3) is 0 Å². The van der Waals surface area contributed by atoms with Crippen LogP contribution in [0.4, 0.5) is 0 Å². The molecular weight excluding hydrogens is 226 g/mol. The molecule has 2 rings (SSSR count). The van der Waals surface area contributed by atoms with Crippen LogP contribution in [0.15, 0.2) is 0 Å². The minimum absolute atomic E-state index is 0.344. The van der Waals surface area contributed by atoms with Crippen LogP contribution in [0.3, 0.4) is 0 Å². The van der Waals surface area contributed by atoms with Crippen molar-refractivity contribution in [2.45, 2.75) is 43.8 Å². The van der Waals surface area contributed by atoms with Crippen molar-refractivity contribution >= 4 is 10.0 Å². The van der Waals surface area contributed by atoms with Crippen LogP contribution >= 0.6 is 0 Å². The van der Waals surface area contributed by atoms with Crippen LogP contribution in [0.1, 0.15) is 25.7 Å². The lowest BCUT2D eigenvalue weighted by atomic mass is 9.98. The lowest BCUT2D eigenvalue weighted by molar-refractivity contribution is 0.131. The van der Waals surface area contributed by atoms with Gasteiger partial charge in [0.15, 0.2) is 0 Å². The molecule has 0 aromatic rings. The van der Waals surface area contributed by atoms with Crippen molar-refractivity contribution in [2.75, 3.05) is 19.3 Å². The minimum atomic E-state index is -3.05. The fraction of sp³-hybridized carbons (Fsp3) is 1.00. The van der Waals surface area contributed by atoms with E-state index in [2.05, 4.69) is 9.62 Å². The zero-order valence-corrected chi connectivity index (χ0v) is 10.5. The highest BCUT2D eigenvalue weighted by atomic mass is 32.2. The molecule has 0 saturated carbocycles. The number of hydrogen-bond acceptors (Lipinski definition) is 4. The van der Waals surface area contributed by atoms with Crippen LogP contribution in [-0.2, 0) is 10.0 Å². The quantitative estimate of drug-likeness (QED) is 0.701. The van der Waals surface area contributed by atoms with Gasteiger partial charge in [0, 0.05) is 31.2 Å². The minimum Gasteiger partial charge on any atom is -0.328 e. The number of nitrogens with two attached hydrogens (primary N) is 1. The zero-order valence-electron chi connectivity index (χ0n) is 9.72. The molecule has 2 fully saturated rings. The summed E-state index contributed by atoms with van der Waals surface area (Å²) in [7, 11) is -3.05. The summed E-state index contributed by atoms with van der Waals surface area (Å²) in [5, 5.41) is 0. The molecule has 2 bridgehead atoms. The van der Waals surface area contributed by atoms with Gasteiger partial charge >= 0.3 is 0 Å². The lowest BCUT2D eigenvalue weighted by Gasteiger charge is -2.37. The molecule has 3 N–H and O–H groups in total. The Morgan fingerprint density at radius 3 is 2.38 bits per heavy atom. The van der Waals surface area contributed by atoms with Crippen LogP contribution < -0.4 is 10.5 Å². The van der Waals surface area contributed by atoms with E-state index >= 15 is 0 Å². The summed E-state index contributed by atoms with van der Waals surface area (Å²) >= 11 is 0. The van der Waals surface area contributed by atoms with Gasteiger partial charge in [0.25, 0.3) is 0 Å². The lowest BCUT2D eigenvalue weighted by Crippen LogP contribution is -2.49. The molecule has 94 valence electrons. The second kappa shape index (κ2) is 4.60. The molecule has 0 amide bonds. The van der Waals surface area contributed by atoms with Gasteiger partial charge in [0.1, 0.15) is 0 Å². The molecule has 2 aliphatic rings. The number of hydrogen-bond donors (Lipinski definition) is 2. The Bertz CT molecular complexity index is 330. The van der Waals surface area contributed by atoms with E-state index in [0.717, 1.165) is 19.4 Å². The molecule has 16 heavy (non-hydrogen) atoms. The van der Waals surface area contributed by atoms with Crippen LogP contribution in [0.2, 0.25) is 0 Å². The normalized spacial score (nSPS) is 35.5. The Morgan fingerprint density at radius 1 is 1.31 bits per heavy atom. The molecule has 2 saturated heterocycles. The first-order valence-electron chi connectivity index (χ1n) is 5.91. The average molecular weight is 247 g/mol. The van der Waals surface area contributed by atoms with E-state index in [1.165, 1.54) is 19.1 Å². The SMILES string of the molecule is CS(=O)(=O)NCCN1C2CCC1CC(N)C2. The Kier molecular flexibility index (Phi) is 3.53. The number of rotatable bonds is 4. The molecule has 2 aliphatic heterocycles. The van der Waals surface area contributed by atoms with Gasteiger partial charge in [-0.15, -0.1) is 0 Å². The molecule has 2 heterocycles. The van der Waals surface area contributed by atoms with E-state index in [1.807, 2.05) is 0 Å². The summed E-state index contributed by atoms with van der Waals surface area (Å²) < 4.78 is 24.5. The number of nitrogens with one attached hydrogen (secondary N) is 1. The highest BCUT2D eigenvalue weighted by molar-refractivity contribution is 7.88. The van der Waals surface area contributed by atoms with E-state index in [4.69, 9.17) is 5.73 Å². The van der Waals surface area contributed by atoms with Crippen LogP contribution in [-0.4, -0.2) is 50.8 Å². The summed E-state index contributed by atoms with van der Waals surface area (Å²) in [6, 6.07) is 1.50. The van der Waals surface area contributed by atoms with Crippen molar-refractivity contribution < 1.29 is 8.42 Å². The van der Waals surface area contributed by atoms with Crippen molar-refractivity contribution in [2.24, 2.45) is 5.73 Å². The molecular formula is C10H21N3O2S. The summed E-state index contributed by atoms with van der Waals surface area (Å²) in [6.07, 6.45) is 5.77. The van der Waals surface area contributed by atoms with Crippen molar-refractivity contribution in [3.05, 3.63) is 0 Å². The topological polar surface area (TPSA) is 75.4 Å². The van der Waals surface area contributed by atoms with E-state index in [9.17, 15) is 8.42 Å². The molecule has 0 aromatic heterocycles. The third-order valence-electron chi connectivity index (χ3n) is 3.66. The second-order valence-electron chi connectivity index (χ2n) is 5.02. The molecule has 0 radical (unpaired) electrons. The Labute approximate surface area is 97.4 Å². The maximum Gasteiger partial charge on any atom is 0.208 e. The van der Waals surface area contributed by atoms with Gasteiger partial charge in [-0.3, -0.25) is 4.90 Å². The van der Waals surface area contributed by atoms with Gasteiger partial charge in [-0.25, -0.2) is 13.1 Å². The van der Waals surface area contributed by atoms with Crippen molar-refractivity contribution in [1.82, 2.24) is 9.62 Å². The van der Waals surface area contributed by atoms with Crippen molar-refractivity contribution in [3.8, 4) is 0 Å². The average Bonchev–Trinajstić information content (AvgIpc) is 2.41. The van der Waals surface area contributed by atoms with Crippen LogP contribution in [0.5, 0.6) is 0 Å². The van der Waals surface area contributed by atoms with Crippen molar-refractivity contribution in [3.63, 3.8) is 0 Å². The smallest absolute Gasteiger partial charge is 0.208 e. The molecule has 2 atom stereocenters. The van der Waals surface area contributed by atoms with E-state index in [1.54, 1.807) is 0 Å².